The van der Waals surface area contributed by atoms with Crippen LogP contribution in [0.5, 0.6) is 0 Å². The van der Waals surface area contributed by atoms with E-state index >= 15 is 0 Å². The fourth-order valence-electron chi connectivity index (χ4n) is 2.42. The molecule has 0 unspecified atom stereocenters. The Kier molecular flexibility index (Phi) is 4.26. The van der Waals surface area contributed by atoms with Crippen LogP contribution in [0.3, 0.4) is 0 Å². The van der Waals surface area contributed by atoms with Gasteiger partial charge < -0.3 is 0 Å². The average Bonchev–Trinajstić information content (AvgIpc) is 2.45. The SMILES string of the molecule is C[CH]c1ccc(C(F)(F)F)c(C2=C(C=O)CCCC2)n1. The molecule has 20 heavy (non-hydrogen) atoms. The van der Waals surface area contributed by atoms with E-state index in [0.29, 0.717) is 36.0 Å². The molecule has 1 heterocycles. The van der Waals surface area contributed by atoms with Gasteiger partial charge >= 0.3 is 6.18 Å². The van der Waals surface area contributed by atoms with Gasteiger partial charge in [0.2, 0.25) is 0 Å². The highest BCUT2D eigenvalue weighted by atomic mass is 19.4. The van der Waals surface area contributed by atoms with E-state index in [9.17, 15) is 18.0 Å². The van der Waals surface area contributed by atoms with Crippen molar-refractivity contribution in [3.8, 4) is 0 Å². The average molecular weight is 282 g/mol. The zero-order valence-corrected chi connectivity index (χ0v) is 11.1. The van der Waals surface area contributed by atoms with Crippen molar-refractivity contribution in [3.05, 3.63) is 41.1 Å². The largest absolute Gasteiger partial charge is 0.418 e. The van der Waals surface area contributed by atoms with Gasteiger partial charge in [-0.2, -0.15) is 13.2 Å². The summed E-state index contributed by atoms with van der Waals surface area (Å²) < 4.78 is 39.3. The second-order valence-corrected chi connectivity index (χ2v) is 4.75. The number of nitrogens with zero attached hydrogens (tertiary/aromatic N) is 1. The summed E-state index contributed by atoms with van der Waals surface area (Å²) in [6.45, 7) is 1.72. The Morgan fingerprint density at radius 1 is 1.20 bits per heavy atom. The highest BCUT2D eigenvalue weighted by Gasteiger charge is 2.35. The predicted molar refractivity (Wildman–Crippen MR) is 69.8 cm³/mol. The Morgan fingerprint density at radius 2 is 1.90 bits per heavy atom. The second kappa shape index (κ2) is 5.77. The lowest BCUT2D eigenvalue weighted by Gasteiger charge is -2.20. The highest BCUT2D eigenvalue weighted by molar-refractivity contribution is 5.88. The molecule has 0 saturated carbocycles. The first kappa shape index (κ1) is 14.8. The molecular formula is C15H15F3NO. The van der Waals surface area contributed by atoms with Crippen LogP contribution >= 0.6 is 0 Å². The Labute approximate surface area is 115 Å². The standard InChI is InChI=1S/C15H15F3NO/c1-2-11-7-8-13(15(16,17)18)14(19-11)12-6-4-3-5-10(12)9-20/h2,7-9H,3-6H2,1H3. The quantitative estimate of drug-likeness (QED) is 0.778. The molecule has 0 aliphatic heterocycles. The maximum Gasteiger partial charge on any atom is 0.418 e. The van der Waals surface area contributed by atoms with Crippen LogP contribution < -0.4 is 0 Å². The topological polar surface area (TPSA) is 30.0 Å². The maximum atomic E-state index is 13.1. The van der Waals surface area contributed by atoms with E-state index in [-0.39, 0.29) is 5.69 Å². The summed E-state index contributed by atoms with van der Waals surface area (Å²) in [5.74, 6) is 0. The van der Waals surface area contributed by atoms with Crippen molar-refractivity contribution in [2.75, 3.05) is 0 Å². The minimum absolute atomic E-state index is 0.0881. The second-order valence-electron chi connectivity index (χ2n) is 4.75. The molecule has 2 nitrogen and oxygen atoms in total. The molecule has 0 spiro atoms. The summed E-state index contributed by atoms with van der Waals surface area (Å²) in [4.78, 5) is 15.2. The van der Waals surface area contributed by atoms with Crippen molar-refractivity contribution < 1.29 is 18.0 Å². The first-order chi connectivity index (χ1) is 9.47. The van der Waals surface area contributed by atoms with Gasteiger partial charge in [0.15, 0.2) is 0 Å². The molecule has 0 fully saturated rings. The molecule has 0 bridgehead atoms. The minimum Gasteiger partial charge on any atom is -0.298 e. The lowest BCUT2D eigenvalue weighted by atomic mass is 9.88. The van der Waals surface area contributed by atoms with Gasteiger partial charge in [-0.15, -0.1) is 0 Å². The minimum atomic E-state index is -4.47. The third-order valence-electron chi connectivity index (χ3n) is 3.46. The normalized spacial score (nSPS) is 16.4. The Balaban J connectivity index is 2.64. The number of alkyl halides is 3. The summed E-state index contributed by atoms with van der Waals surface area (Å²) in [6.07, 6.45) is 0.457. The Hall–Kier alpha value is -1.65. The number of carbonyl (C=O) groups is 1. The number of hydrogen-bond donors (Lipinski definition) is 0. The lowest BCUT2D eigenvalue weighted by molar-refractivity contribution is -0.138. The van der Waals surface area contributed by atoms with E-state index in [1.807, 2.05) is 0 Å². The first-order valence-corrected chi connectivity index (χ1v) is 6.52. The molecule has 107 valence electrons. The van der Waals surface area contributed by atoms with Crippen LogP contribution in [0, 0.1) is 6.42 Å². The molecule has 0 aromatic carbocycles. The third-order valence-corrected chi connectivity index (χ3v) is 3.46. The van der Waals surface area contributed by atoms with Crippen LogP contribution in [0.4, 0.5) is 13.2 Å². The monoisotopic (exact) mass is 282 g/mol. The predicted octanol–water partition coefficient (Wildman–Crippen LogP) is 4.20. The lowest BCUT2D eigenvalue weighted by Crippen LogP contribution is -2.13. The molecule has 1 aliphatic carbocycles. The number of aromatic nitrogens is 1. The molecule has 1 radical (unpaired) electrons. The highest BCUT2D eigenvalue weighted by Crippen LogP contribution is 2.38. The van der Waals surface area contributed by atoms with Crippen molar-refractivity contribution in [1.82, 2.24) is 4.98 Å². The summed E-state index contributed by atoms with van der Waals surface area (Å²) in [5, 5.41) is 0. The van der Waals surface area contributed by atoms with E-state index < -0.39 is 11.7 Å². The van der Waals surface area contributed by atoms with Crippen LogP contribution in [0.1, 0.15) is 49.6 Å². The zero-order valence-electron chi connectivity index (χ0n) is 11.1. The smallest absolute Gasteiger partial charge is 0.298 e. The van der Waals surface area contributed by atoms with Crippen molar-refractivity contribution in [3.63, 3.8) is 0 Å². The Bertz CT molecular complexity index is 547. The molecule has 0 atom stereocenters. The van der Waals surface area contributed by atoms with Crippen LogP contribution in [0.25, 0.3) is 5.57 Å². The number of allylic oxidation sites excluding steroid dienone is 2. The van der Waals surface area contributed by atoms with Crippen molar-refractivity contribution >= 4 is 11.9 Å². The molecule has 2 rings (SSSR count). The summed E-state index contributed by atoms with van der Waals surface area (Å²) in [6, 6.07) is 2.39. The van der Waals surface area contributed by atoms with E-state index in [1.165, 1.54) is 6.07 Å². The first-order valence-electron chi connectivity index (χ1n) is 6.52. The molecular weight excluding hydrogens is 267 g/mol. The summed E-state index contributed by atoms with van der Waals surface area (Å²) >= 11 is 0. The molecule has 5 heteroatoms. The number of hydrogen-bond acceptors (Lipinski definition) is 2. The van der Waals surface area contributed by atoms with Gasteiger partial charge in [-0.25, -0.2) is 0 Å². The van der Waals surface area contributed by atoms with Gasteiger partial charge in [0, 0.05) is 12.1 Å². The third kappa shape index (κ3) is 2.92. The van der Waals surface area contributed by atoms with Gasteiger partial charge in [-0.3, -0.25) is 9.78 Å². The van der Waals surface area contributed by atoms with E-state index in [1.54, 1.807) is 13.3 Å². The van der Waals surface area contributed by atoms with Crippen LogP contribution in [0.2, 0.25) is 0 Å². The Morgan fingerprint density at radius 3 is 2.50 bits per heavy atom. The number of pyridine rings is 1. The van der Waals surface area contributed by atoms with E-state index in [2.05, 4.69) is 4.98 Å². The number of carbonyl (C=O) groups excluding carboxylic acids is 1. The van der Waals surface area contributed by atoms with E-state index in [0.717, 1.165) is 18.9 Å². The van der Waals surface area contributed by atoms with Crippen molar-refractivity contribution in [1.29, 1.82) is 0 Å². The van der Waals surface area contributed by atoms with Crippen LogP contribution in [0.15, 0.2) is 17.7 Å². The van der Waals surface area contributed by atoms with Crippen LogP contribution in [-0.2, 0) is 11.0 Å². The fourth-order valence-corrected chi connectivity index (χ4v) is 2.42. The number of halogens is 3. The number of rotatable bonds is 3. The molecule has 0 N–H and O–H groups in total. The maximum absolute atomic E-state index is 13.1. The van der Waals surface area contributed by atoms with Gasteiger partial charge in [0.1, 0.15) is 6.29 Å². The fraction of sp³-hybridized carbons (Fsp3) is 0.400. The summed E-state index contributed by atoms with van der Waals surface area (Å²) in [7, 11) is 0. The molecule has 1 aromatic heterocycles. The van der Waals surface area contributed by atoms with Gasteiger partial charge in [0.25, 0.3) is 0 Å². The number of aldehydes is 1. The molecule has 0 saturated heterocycles. The van der Waals surface area contributed by atoms with Gasteiger partial charge in [-0.05, 0) is 49.0 Å². The van der Waals surface area contributed by atoms with Gasteiger partial charge in [-0.1, -0.05) is 6.92 Å². The molecule has 1 aromatic rings. The molecule has 0 amide bonds. The van der Waals surface area contributed by atoms with Crippen molar-refractivity contribution in [2.45, 2.75) is 38.8 Å². The van der Waals surface area contributed by atoms with Crippen molar-refractivity contribution in [2.24, 2.45) is 0 Å². The summed E-state index contributed by atoms with van der Waals surface area (Å²) in [5.41, 5.74) is 0.523. The zero-order chi connectivity index (χ0) is 14.8. The molecule has 1 aliphatic rings. The van der Waals surface area contributed by atoms with E-state index in [4.69, 9.17) is 0 Å². The van der Waals surface area contributed by atoms with Gasteiger partial charge in [0.05, 0.1) is 11.3 Å². The van der Waals surface area contributed by atoms with Crippen LogP contribution in [-0.4, -0.2) is 11.3 Å².